The Bertz CT molecular complexity index is 932. The molecule has 1 rings (SSSR count). The second-order valence-corrected chi connectivity index (χ2v) is 7.38. The summed E-state index contributed by atoms with van der Waals surface area (Å²) in [6.07, 6.45) is -2.06. The number of amides is 3. The van der Waals surface area contributed by atoms with Gasteiger partial charge in [-0.15, -0.1) is 0 Å². The number of carboxylic acids is 3. The summed E-state index contributed by atoms with van der Waals surface area (Å²) in [5.41, 5.74) is 5.82. The lowest BCUT2D eigenvalue weighted by Crippen LogP contribution is -2.57. The van der Waals surface area contributed by atoms with E-state index in [0.717, 1.165) is 0 Å². The van der Waals surface area contributed by atoms with Crippen LogP contribution in [0.15, 0.2) is 24.3 Å². The smallest absolute Gasteiger partial charge is 0.326 e. The first-order chi connectivity index (χ1) is 15.8. The third-order valence-corrected chi connectivity index (χ3v) is 4.43. The van der Waals surface area contributed by atoms with E-state index >= 15 is 0 Å². The van der Waals surface area contributed by atoms with Crippen LogP contribution in [0.3, 0.4) is 0 Å². The highest BCUT2D eigenvalue weighted by molar-refractivity contribution is 5.96. The molecule has 4 atom stereocenters. The van der Waals surface area contributed by atoms with E-state index in [1.165, 1.54) is 31.2 Å². The molecule has 0 heterocycles. The molecule has 0 aliphatic carbocycles. The number of rotatable bonds is 13. The summed E-state index contributed by atoms with van der Waals surface area (Å²) in [4.78, 5) is 70.8. The van der Waals surface area contributed by atoms with Gasteiger partial charge in [0.15, 0.2) is 0 Å². The molecule has 0 spiro atoms. The van der Waals surface area contributed by atoms with Crippen LogP contribution < -0.4 is 21.7 Å². The van der Waals surface area contributed by atoms with Gasteiger partial charge in [0, 0.05) is 6.42 Å². The number of phenols is 1. The fourth-order valence-corrected chi connectivity index (χ4v) is 2.68. The number of aliphatic carboxylic acids is 3. The third-order valence-electron chi connectivity index (χ3n) is 4.43. The molecule has 0 aliphatic rings. The first-order valence-corrected chi connectivity index (χ1v) is 9.91. The SMILES string of the molecule is CC(N)C(=O)NC(CC(=O)O)C(=O)NC(CC(=O)O)C(=O)NC(Cc1ccc(O)cc1)C(=O)O. The number of carbonyl (C=O) groups is 6. The van der Waals surface area contributed by atoms with Crippen LogP contribution in [0, 0.1) is 0 Å². The van der Waals surface area contributed by atoms with Crippen molar-refractivity contribution < 1.29 is 49.2 Å². The van der Waals surface area contributed by atoms with Crippen molar-refractivity contribution in [3.63, 3.8) is 0 Å². The molecule has 0 saturated heterocycles. The summed E-state index contributed by atoms with van der Waals surface area (Å²) in [6, 6.07) is -0.596. The first kappa shape index (κ1) is 27.8. The lowest BCUT2D eigenvalue weighted by Gasteiger charge is -2.23. The minimum atomic E-state index is -1.78. The van der Waals surface area contributed by atoms with Crippen molar-refractivity contribution in [3.8, 4) is 5.75 Å². The van der Waals surface area contributed by atoms with Gasteiger partial charge in [-0.05, 0) is 24.6 Å². The molecule has 3 amide bonds. The van der Waals surface area contributed by atoms with E-state index in [1.54, 1.807) is 0 Å². The van der Waals surface area contributed by atoms with E-state index in [9.17, 15) is 39.0 Å². The number of hydrogen-bond donors (Lipinski definition) is 8. The summed E-state index contributed by atoms with van der Waals surface area (Å²) in [6.45, 7) is 1.28. The number of nitrogens with two attached hydrogens (primary N) is 1. The van der Waals surface area contributed by atoms with Gasteiger partial charge in [0.05, 0.1) is 18.9 Å². The molecular formula is C20H26N4O10. The normalized spacial score (nSPS) is 14.1. The minimum absolute atomic E-state index is 0.0593. The van der Waals surface area contributed by atoms with Gasteiger partial charge in [0.2, 0.25) is 17.7 Å². The van der Waals surface area contributed by atoms with Crippen molar-refractivity contribution in [1.29, 1.82) is 0 Å². The topological polar surface area (TPSA) is 245 Å². The van der Waals surface area contributed by atoms with Crippen molar-refractivity contribution in [3.05, 3.63) is 29.8 Å². The summed E-state index contributed by atoms with van der Waals surface area (Å²) in [7, 11) is 0. The Morgan fingerprint density at radius 2 is 1.18 bits per heavy atom. The Kier molecular flexibility index (Phi) is 10.4. The molecule has 186 valence electrons. The van der Waals surface area contributed by atoms with Crippen molar-refractivity contribution in [1.82, 2.24) is 16.0 Å². The van der Waals surface area contributed by atoms with Gasteiger partial charge in [-0.25, -0.2) is 4.79 Å². The van der Waals surface area contributed by atoms with Crippen molar-refractivity contribution in [2.45, 2.75) is 50.4 Å². The zero-order chi connectivity index (χ0) is 26.0. The van der Waals surface area contributed by atoms with Crippen molar-refractivity contribution in [2.24, 2.45) is 5.73 Å². The number of hydrogen-bond acceptors (Lipinski definition) is 8. The quantitative estimate of drug-likeness (QED) is 0.149. The molecule has 1 aromatic rings. The summed E-state index contributed by atoms with van der Waals surface area (Å²) in [5.74, 6) is -7.69. The second kappa shape index (κ2) is 12.7. The molecule has 0 bridgehead atoms. The molecule has 9 N–H and O–H groups in total. The Labute approximate surface area is 193 Å². The monoisotopic (exact) mass is 482 g/mol. The Balaban J connectivity index is 3.02. The van der Waals surface area contributed by atoms with E-state index in [1.807, 2.05) is 5.32 Å². The zero-order valence-corrected chi connectivity index (χ0v) is 18.1. The maximum absolute atomic E-state index is 12.6. The van der Waals surface area contributed by atoms with Gasteiger partial charge in [0.25, 0.3) is 0 Å². The van der Waals surface area contributed by atoms with Gasteiger partial charge in [-0.3, -0.25) is 24.0 Å². The highest BCUT2D eigenvalue weighted by Gasteiger charge is 2.32. The molecule has 0 fully saturated rings. The number of phenolic OH excluding ortho intramolecular Hbond substituents is 1. The van der Waals surface area contributed by atoms with Crippen molar-refractivity contribution in [2.75, 3.05) is 0 Å². The molecule has 0 saturated carbocycles. The zero-order valence-electron chi connectivity index (χ0n) is 18.1. The summed E-state index contributed by atoms with van der Waals surface area (Å²) < 4.78 is 0. The van der Waals surface area contributed by atoms with Crippen LogP contribution in [0.1, 0.15) is 25.3 Å². The molecule has 0 radical (unpaired) electrons. The van der Waals surface area contributed by atoms with E-state index < -0.39 is 72.6 Å². The van der Waals surface area contributed by atoms with Gasteiger partial charge in [-0.2, -0.15) is 0 Å². The largest absolute Gasteiger partial charge is 0.508 e. The fourth-order valence-electron chi connectivity index (χ4n) is 2.68. The standard InChI is InChI=1S/C20H26N4O10/c1-9(21)17(30)22-12(7-15(26)27)18(31)23-13(8-16(28)29)19(32)24-14(20(33)34)6-10-2-4-11(25)5-3-10/h2-5,9,12-14,25H,6-8,21H2,1H3,(H,22,30)(H,23,31)(H,24,32)(H,26,27)(H,28,29)(H,33,34). The summed E-state index contributed by atoms with van der Waals surface area (Å²) >= 11 is 0. The molecule has 4 unspecified atom stereocenters. The van der Waals surface area contributed by atoms with E-state index in [4.69, 9.17) is 15.9 Å². The predicted molar refractivity (Wildman–Crippen MR) is 113 cm³/mol. The molecular weight excluding hydrogens is 456 g/mol. The lowest BCUT2D eigenvalue weighted by atomic mass is 10.0. The van der Waals surface area contributed by atoms with Crippen LogP contribution >= 0.6 is 0 Å². The molecule has 1 aromatic carbocycles. The van der Waals surface area contributed by atoms with Crippen LogP contribution in [-0.2, 0) is 35.2 Å². The minimum Gasteiger partial charge on any atom is -0.508 e. The third kappa shape index (κ3) is 9.52. The molecule has 0 aromatic heterocycles. The Hall–Kier alpha value is -4.20. The number of carbonyl (C=O) groups excluding carboxylic acids is 3. The average Bonchev–Trinajstić information content (AvgIpc) is 2.72. The molecule has 0 aliphatic heterocycles. The van der Waals surface area contributed by atoms with Gasteiger partial charge < -0.3 is 42.1 Å². The summed E-state index contributed by atoms with van der Waals surface area (Å²) in [5, 5.41) is 43.1. The highest BCUT2D eigenvalue weighted by Crippen LogP contribution is 2.12. The molecule has 14 nitrogen and oxygen atoms in total. The Morgan fingerprint density at radius 1 is 0.765 bits per heavy atom. The molecule has 14 heteroatoms. The number of carboxylic acid groups (broad SMARTS) is 3. The maximum atomic E-state index is 12.6. The predicted octanol–water partition coefficient (Wildman–Crippen LogP) is -2.23. The van der Waals surface area contributed by atoms with Crippen LogP contribution in [0.25, 0.3) is 0 Å². The number of nitrogens with one attached hydrogen (secondary N) is 3. The Morgan fingerprint density at radius 3 is 1.56 bits per heavy atom. The van der Waals surface area contributed by atoms with Gasteiger partial charge in [-0.1, -0.05) is 12.1 Å². The first-order valence-electron chi connectivity index (χ1n) is 9.91. The van der Waals surface area contributed by atoms with Crippen LogP contribution in [0.5, 0.6) is 5.75 Å². The van der Waals surface area contributed by atoms with E-state index in [0.29, 0.717) is 5.56 Å². The lowest BCUT2D eigenvalue weighted by molar-refractivity contribution is -0.144. The van der Waals surface area contributed by atoms with Crippen LogP contribution in [0.2, 0.25) is 0 Å². The van der Waals surface area contributed by atoms with Gasteiger partial charge in [0.1, 0.15) is 23.9 Å². The number of benzene rings is 1. The molecule has 34 heavy (non-hydrogen) atoms. The van der Waals surface area contributed by atoms with Gasteiger partial charge >= 0.3 is 17.9 Å². The average molecular weight is 482 g/mol. The van der Waals surface area contributed by atoms with E-state index in [-0.39, 0.29) is 12.2 Å². The van der Waals surface area contributed by atoms with Crippen molar-refractivity contribution >= 4 is 35.6 Å². The fraction of sp³-hybridized carbons (Fsp3) is 0.400. The second-order valence-electron chi connectivity index (χ2n) is 7.38. The highest BCUT2D eigenvalue weighted by atomic mass is 16.4. The van der Waals surface area contributed by atoms with Crippen LogP contribution in [-0.4, -0.2) is 80.2 Å². The number of aromatic hydroxyl groups is 1. The van der Waals surface area contributed by atoms with E-state index in [2.05, 4.69) is 10.6 Å². The van der Waals surface area contributed by atoms with Crippen LogP contribution in [0.4, 0.5) is 0 Å². The maximum Gasteiger partial charge on any atom is 0.326 e.